The highest BCUT2D eigenvalue weighted by molar-refractivity contribution is 8.07. The van der Waals surface area contributed by atoms with Gasteiger partial charge in [0.2, 0.25) is 5.91 Å². The van der Waals surface area contributed by atoms with Gasteiger partial charge in [0.05, 0.1) is 32.1 Å². The second-order valence-corrected chi connectivity index (χ2v) is 11.8. The second-order valence-electron chi connectivity index (χ2n) is 9.06. The minimum atomic E-state index is -4.00. The fourth-order valence-electron chi connectivity index (χ4n) is 4.70. The van der Waals surface area contributed by atoms with Gasteiger partial charge in [-0.1, -0.05) is 0 Å². The summed E-state index contributed by atoms with van der Waals surface area (Å²) in [6, 6.07) is 0. The second kappa shape index (κ2) is 11.2. The highest BCUT2D eigenvalue weighted by Crippen LogP contribution is 2.49. The van der Waals surface area contributed by atoms with Gasteiger partial charge < -0.3 is 39.6 Å². The molecule has 0 spiro atoms. The Morgan fingerprint density at radius 2 is 2.03 bits per heavy atom. The number of aromatic nitrogens is 4. The highest BCUT2D eigenvalue weighted by Gasteiger charge is 2.51. The van der Waals surface area contributed by atoms with E-state index >= 15 is 0 Å². The first-order valence-corrected chi connectivity index (χ1v) is 14.4. The number of nitrogen functional groups attached to an aromatic ring is 1. The molecule has 2 aromatic rings. The summed E-state index contributed by atoms with van der Waals surface area (Å²) in [7, 11) is 1.34. The molecule has 5 N–H and O–H groups in total. The Morgan fingerprint density at radius 1 is 1.23 bits per heavy atom. The van der Waals surface area contributed by atoms with Gasteiger partial charge in [-0.05, 0) is 17.9 Å². The Balaban J connectivity index is 1.23. The number of nitrogens with zero attached hydrogens (tertiary/aromatic N) is 5. The number of aliphatic hydroxyl groups excluding tert-OH is 2. The molecule has 3 aliphatic rings. The third kappa shape index (κ3) is 5.60. The quantitative estimate of drug-likeness (QED) is 0.199. The predicted octanol–water partition coefficient (Wildman–Crippen LogP) is -1.28. The van der Waals surface area contributed by atoms with Crippen LogP contribution in [0.15, 0.2) is 24.9 Å². The predicted molar refractivity (Wildman–Crippen MR) is 134 cm³/mol. The maximum absolute atomic E-state index is 12.4. The van der Waals surface area contributed by atoms with Gasteiger partial charge in [0.15, 0.2) is 23.5 Å². The van der Waals surface area contributed by atoms with Gasteiger partial charge in [-0.2, -0.15) is 0 Å². The van der Waals surface area contributed by atoms with E-state index in [1.807, 2.05) is 0 Å². The van der Waals surface area contributed by atoms with E-state index in [-0.39, 0.29) is 31.0 Å². The van der Waals surface area contributed by atoms with Crippen molar-refractivity contribution in [3.8, 4) is 0 Å². The SMILES string of the molecule is CO[C@H]1C(OP(O)(=S)OC[C@H]2OC(n3cnc4c(N)ncnc43)CC2O)[C@@H](CO)OC1N1C=CC(=O)CC1=O. The molecule has 5 rings (SSSR count). The van der Waals surface area contributed by atoms with Crippen LogP contribution >= 0.6 is 6.72 Å². The first kappa shape index (κ1) is 28.1. The molecule has 0 aromatic carbocycles. The van der Waals surface area contributed by atoms with Crippen molar-refractivity contribution in [2.24, 2.45) is 0 Å². The van der Waals surface area contributed by atoms with Crippen molar-refractivity contribution in [3.63, 3.8) is 0 Å². The Kier molecular flexibility index (Phi) is 8.08. The number of ether oxygens (including phenoxy) is 3. The van der Waals surface area contributed by atoms with Gasteiger partial charge in [-0.25, -0.2) is 15.0 Å². The number of hydrogen-bond acceptors (Lipinski definition) is 14. The minimum absolute atomic E-state index is 0.176. The molecule has 18 heteroatoms. The van der Waals surface area contributed by atoms with Crippen LogP contribution in [0.25, 0.3) is 11.2 Å². The Labute approximate surface area is 226 Å². The molecule has 8 atom stereocenters. The third-order valence-corrected chi connectivity index (χ3v) is 8.16. The van der Waals surface area contributed by atoms with Crippen LogP contribution in [0.5, 0.6) is 0 Å². The van der Waals surface area contributed by atoms with Gasteiger partial charge in [-0.15, -0.1) is 0 Å². The molecule has 2 fully saturated rings. The summed E-state index contributed by atoms with van der Waals surface area (Å²) in [4.78, 5) is 48.2. The van der Waals surface area contributed by atoms with Gasteiger partial charge in [-0.3, -0.25) is 23.6 Å². The smallest absolute Gasteiger partial charge is 0.325 e. The van der Waals surface area contributed by atoms with Crippen LogP contribution in [0.3, 0.4) is 0 Å². The summed E-state index contributed by atoms with van der Waals surface area (Å²) in [5.41, 5.74) is 6.66. The van der Waals surface area contributed by atoms with E-state index in [4.69, 9.17) is 40.8 Å². The zero-order valence-corrected chi connectivity index (χ0v) is 22.3. The normalized spacial score (nSPS) is 32.8. The van der Waals surface area contributed by atoms with E-state index in [1.165, 1.54) is 36.9 Å². The molecule has 5 unspecified atom stereocenters. The molecule has 1 amide bonds. The zero-order valence-electron chi connectivity index (χ0n) is 20.5. The van der Waals surface area contributed by atoms with Crippen molar-refractivity contribution in [3.05, 3.63) is 24.9 Å². The van der Waals surface area contributed by atoms with Gasteiger partial charge in [0, 0.05) is 19.7 Å². The van der Waals surface area contributed by atoms with E-state index in [9.17, 15) is 24.7 Å². The lowest BCUT2D eigenvalue weighted by Gasteiger charge is -2.31. The summed E-state index contributed by atoms with van der Waals surface area (Å²) in [6.07, 6.45) is -1.58. The number of carbonyl (C=O) groups is 2. The molecule has 212 valence electrons. The number of rotatable bonds is 9. The fraction of sp³-hybridized carbons (Fsp3) is 0.571. The number of anilines is 1. The maximum Gasteiger partial charge on any atom is 0.325 e. The molecule has 3 aliphatic heterocycles. The van der Waals surface area contributed by atoms with E-state index in [2.05, 4.69) is 15.0 Å². The van der Waals surface area contributed by atoms with Gasteiger partial charge >= 0.3 is 6.72 Å². The standard InChI is InChI=1S/C21H27N6O10PS/c1-33-18-17(12(6-28)36-21(18)26-3-2-10(29)4-14(26)31)37-38(32,39)34-7-13-11(30)5-15(35-13)27-9-25-16-19(22)23-8-24-20(16)27/h2-3,8-9,11-13,15,17-18,21,28,30H,4-7H2,1H3,(H,32,39)(H2,22,23,24)/t11?,12-,13-,15?,17?,18+,21?,38?/m1/s1. The van der Waals surface area contributed by atoms with E-state index in [0.717, 1.165) is 0 Å². The third-order valence-electron chi connectivity index (χ3n) is 6.60. The monoisotopic (exact) mass is 586 g/mol. The van der Waals surface area contributed by atoms with E-state index in [0.29, 0.717) is 11.2 Å². The van der Waals surface area contributed by atoms with Crippen molar-refractivity contribution in [1.29, 1.82) is 0 Å². The fourth-order valence-corrected chi connectivity index (χ4v) is 6.14. The maximum atomic E-state index is 12.4. The molecular weight excluding hydrogens is 559 g/mol. The van der Waals surface area contributed by atoms with Crippen molar-refractivity contribution >= 4 is 47.2 Å². The number of amides is 1. The average Bonchev–Trinajstić information content (AvgIpc) is 3.58. The van der Waals surface area contributed by atoms with Crippen LogP contribution in [0.4, 0.5) is 5.82 Å². The molecule has 0 bridgehead atoms. The van der Waals surface area contributed by atoms with Crippen molar-refractivity contribution in [2.75, 3.05) is 26.1 Å². The topological polar surface area (TPSA) is 214 Å². The Hall–Kier alpha value is -2.44. The number of imidazole rings is 1. The molecular formula is C21H27N6O10PS. The summed E-state index contributed by atoms with van der Waals surface area (Å²) in [5, 5.41) is 20.4. The summed E-state index contributed by atoms with van der Waals surface area (Å²) in [5.74, 6) is -0.669. The molecule has 2 saturated heterocycles. The van der Waals surface area contributed by atoms with Crippen LogP contribution in [-0.4, -0.2) is 108 Å². The molecule has 39 heavy (non-hydrogen) atoms. The number of fused-ring (bicyclic) bond motifs is 1. The number of hydrogen-bond donors (Lipinski definition) is 4. The largest absolute Gasteiger partial charge is 0.394 e. The van der Waals surface area contributed by atoms with Crippen LogP contribution in [-0.2, 0) is 44.7 Å². The van der Waals surface area contributed by atoms with Crippen LogP contribution in [0.1, 0.15) is 19.1 Å². The first-order valence-electron chi connectivity index (χ1n) is 11.9. The van der Waals surface area contributed by atoms with E-state index in [1.54, 1.807) is 4.57 Å². The number of carbonyl (C=O) groups excluding carboxylic acids is 2. The number of methoxy groups -OCH3 is 1. The van der Waals surface area contributed by atoms with Gasteiger partial charge in [0.1, 0.15) is 42.5 Å². The molecule has 5 heterocycles. The van der Waals surface area contributed by atoms with Crippen molar-refractivity contribution in [1.82, 2.24) is 24.4 Å². The molecule has 2 aromatic heterocycles. The van der Waals surface area contributed by atoms with Crippen molar-refractivity contribution < 1.29 is 48.0 Å². The molecule has 0 radical (unpaired) electrons. The minimum Gasteiger partial charge on any atom is -0.394 e. The number of allylic oxidation sites excluding steroid dienone is 1. The highest BCUT2D eigenvalue weighted by atomic mass is 32.5. The van der Waals surface area contributed by atoms with Crippen LogP contribution < -0.4 is 5.73 Å². The molecule has 16 nitrogen and oxygen atoms in total. The lowest BCUT2D eigenvalue weighted by Crippen LogP contribution is -2.47. The van der Waals surface area contributed by atoms with E-state index < -0.39 is 62.2 Å². The van der Waals surface area contributed by atoms with Crippen molar-refractivity contribution in [2.45, 2.75) is 55.8 Å². The number of nitrogens with two attached hydrogens (primary N) is 1. The zero-order chi connectivity index (χ0) is 27.9. The van der Waals surface area contributed by atoms with Gasteiger partial charge in [0.25, 0.3) is 0 Å². The number of ketones is 1. The Bertz CT molecular complexity index is 1330. The summed E-state index contributed by atoms with van der Waals surface area (Å²) >= 11 is 5.18. The average molecular weight is 587 g/mol. The lowest BCUT2D eigenvalue weighted by molar-refractivity contribution is -0.149. The lowest BCUT2D eigenvalue weighted by atomic mass is 10.1. The first-order chi connectivity index (χ1) is 18.6. The molecule has 0 aliphatic carbocycles. The summed E-state index contributed by atoms with van der Waals surface area (Å²) in [6.45, 7) is -4.86. The Morgan fingerprint density at radius 3 is 2.74 bits per heavy atom. The number of aliphatic hydroxyl groups is 2. The summed E-state index contributed by atoms with van der Waals surface area (Å²) < 4.78 is 29.9. The molecule has 0 saturated carbocycles. The van der Waals surface area contributed by atoms with Crippen LogP contribution in [0.2, 0.25) is 0 Å². The van der Waals surface area contributed by atoms with Crippen LogP contribution in [0, 0.1) is 0 Å².